The van der Waals surface area contributed by atoms with E-state index in [-0.39, 0.29) is 6.10 Å². The highest BCUT2D eigenvalue weighted by atomic mass is 16.5. The second kappa shape index (κ2) is 5.52. The molecule has 0 bridgehead atoms. The van der Waals surface area contributed by atoms with Crippen molar-refractivity contribution in [2.24, 2.45) is 5.92 Å². The van der Waals surface area contributed by atoms with E-state index < -0.39 is 6.10 Å². The van der Waals surface area contributed by atoms with Gasteiger partial charge in [-0.15, -0.1) is 0 Å². The summed E-state index contributed by atoms with van der Waals surface area (Å²) < 4.78 is 10.8. The lowest BCUT2D eigenvalue weighted by Crippen LogP contribution is -2.24. The molecular formula is C14H20O3. The highest BCUT2D eigenvalue weighted by molar-refractivity contribution is 5.30. The van der Waals surface area contributed by atoms with E-state index in [1.54, 1.807) is 7.11 Å². The summed E-state index contributed by atoms with van der Waals surface area (Å²) in [6.07, 6.45) is 1.68. The summed E-state index contributed by atoms with van der Waals surface area (Å²) in [6.45, 7) is 2.61. The van der Waals surface area contributed by atoms with Crippen LogP contribution in [0.15, 0.2) is 24.3 Å². The van der Waals surface area contributed by atoms with Crippen LogP contribution >= 0.6 is 0 Å². The van der Waals surface area contributed by atoms with Crippen molar-refractivity contribution >= 4 is 0 Å². The van der Waals surface area contributed by atoms with Crippen LogP contribution in [0.25, 0.3) is 0 Å². The average molecular weight is 236 g/mol. The second-order valence-electron chi connectivity index (χ2n) is 4.48. The fourth-order valence-corrected chi connectivity index (χ4v) is 2.12. The van der Waals surface area contributed by atoms with E-state index in [2.05, 4.69) is 0 Å². The SMILES string of the molecule is CCOC(C1CC1)C(O)c1cccc(OC)c1. The third-order valence-electron chi connectivity index (χ3n) is 3.19. The Labute approximate surface area is 102 Å². The number of hydrogen-bond donors (Lipinski definition) is 1. The Balaban J connectivity index is 2.12. The Morgan fingerprint density at radius 2 is 2.18 bits per heavy atom. The molecule has 3 heteroatoms. The lowest BCUT2D eigenvalue weighted by molar-refractivity contribution is -0.0462. The molecule has 0 heterocycles. The summed E-state index contributed by atoms with van der Waals surface area (Å²) in [7, 11) is 1.63. The third-order valence-corrected chi connectivity index (χ3v) is 3.19. The normalized spacial score (nSPS) is 18.8. The van der Waals surface area contributed by atoms with Crippen LogP contribution in [0, 0.1) is 5.92 Å². The molecule has 1 aromatic rings. The van der Waals surface area contributed by atoms with Gasteiger partial charge in [0.15, 0.2) is 0 Å². The maximum Gasteiger partial charge on any atom is 0.119 e. The fraction of sp³-hybridized carbons (Fsp3) is 0.571. The van der Waals surface area contributed by atoms with E-state index in [1.165, 1.54) is 0 Å². The van der Waals surface area contributed by atoms with Crippen molar-refractivity contribution in [2.45, 2.75) is 32.0 Å². The van der Waals surface area contributed by atoms with Gasteiger partial charge in [0.1, 0.15) is 11.9 Å². The first kappa shape index (κ1) is 12.4. The summed E-state index contributed by atoms with van der Waals surface area (Å²) in [5.74, 6) is 1.28. The van der Waals surface area contributed by atoms with Gasteiger partial charge in [-0.25, -0.2) is 0 Å². The Bertz CT molecular complexity index is 360. The minimum Gasteiger partial charge on any atom is -0.497 e. The van der Waals surface area contributed by atoms with E-state index in [0.717, 1.165) is 24.2 Å². The molecule has 2 atom stereocenters. The molecule has 2 unspecified atom stereocenters. The largest absolute Gasteiger partial charge is 0.497 e. The molecule has 2 rings (SSSR count). The molecule has 94 valence electrons. The van der Waals surface area contributed by atoms with E-state index in [0.29, 0.717) is 12.5 Å². The third kappa shape index (κ3) is 2.99. The van der Waals surface area contributed by atoms with E-state index in [4.69, 9.17) is 9.47 Å². The molecule has 1 N–H and O–H groups in total. The first-order chi connectivity index (χ1) is 8.26. The summed E-state index contributed by atoms with van der Waals surface area (Å²) >= 11 is 0. The maximum atomic E-state index is 10.4. The van der Waals surface area contributed by atoms with Crippen LogP contribution in [-0.2, 0) is 4.74 Å². The molecular weight excluding hydrogens is 216 g/mol. The number of benzene rings is 1. The predicted octanol–water partition coefficient (Wildman–Crippen LogP) is 2.54. The van der Waals surface area contributed by atoms with Gasteiger partial charge < -0.3 is 14.6 Å². The zero-order valence-electron chi connectivity index (χ0n) is 10.4. The van der Waals surface area contributed by atoms with Gasteiger partial charge in [0.2, 0.25) is 0 Å². The van der Waals surface area contributed by atoms with Crippen LogP contribution in [0.3, 0.4) is 0 Å². The molecule has 1 fully saturated rings. The number of rotatable bonds is 6. The van der Waals surface area contributed by atoms with Gasteiger partial charge in [0.05, 0.1) is 13.2 Å². The summed E-state index contributed by atoms with van der Waals surface area (Å²) in [6, 6.07) is 7.57. The molecule has 0 amide bonds. The standard InChI is InChI=1S/C14H20O3/c1-3-17-14(10-7-8-10)13(15)11-5-4-6-12(9-11)16-2/h4-6,9-10,13-15H,3,7-8H2,1-2H3. The number of methoxy groups -OCH3 is 1. The highest BCUT2D eigenvalue weighted by Gasteiger charge is 2.37. The van der Waals surface area contributed by atoms with Crippen molar-refractivity contribution in [3.05, 3.63) is 29.8 Å². The van der Waals surface area contributed by atoms with Gasteiger partial charge in [0.25, 0.3) is 0 Å². The zero-order valence-corrected chi connectivity index (χ0v) is 10.4. The van der Waals surface area contributed by atoms with Crippen molar-refractivity contribution in [3.8, 4) is 5.75 Å². The summed E-state index contributed by atoms with van der Waals surface area (Å²) in [4.78, 5) is 0. The van der Waals surface area contributed by atoms with Crippen LogP contribution in [0.4, 0.5) is 0 Å². The summed E-state index contributed by atoms with van der Waals surface area (Å²) in [5.41, 5.74) is 0.870. The van der Waals surface area contributed by atoms with Gasteiger partial charge >= 0.3 is 0 Å². The number of aliphatic hydroxyl groups excluding tert-OH is 1. The minimum absolute atomic E-state index is 0.0768. The second-order valence-corrected chi connectivity index (χ2v) is 4.48. The molecule has 1 saturated carbocycles. The van der Waals surface area contributed by atoms with Crippen LogP contribution < -0.4 is 4.74 Å². The number of hydrogen-bond acceptors (Lipinski definition) is 3. The molecule has 3 nitrogen and oxygen atoms in total. The molecule has 0 spiro atoms. The van der Waals surface area contributed by atoms with Gasteiger partial charge in [-0.05, 0) is 43.4 Å². The van der Waals surface area contributed by atoms with Crippen LogP contribution in [0.5, 0.6) is 5.75 Å². The molecule has 17 heavy (non-hydrogen) atoms. The molecule has 0 aromatic heterocycles. The Morgan fingerprint density at radius 3 is 2.76 bits per heavy atom. The molecule has 0 saturated heterocycles. The van der Waals surface area contributed by atoms with Gasteiger partial charge in [-0.1, -0.05) is 12.1 Å². The molecule has 0 aliphatic heterocycles. The van der Waals surface area contributed by atoms with Crippen molar-refractivity contribution < 1.29 is 14.6 Å². The van der Waals surface area contributed by atoms with Crippen molar-refractivity contribution in [1.29, 1.82) is 0 Å². The molecule has 0 radical (unpaired) electrons. The average Bonchev–Trinajstić information content (AvgIpc) is 3.19. The smallest absolute Gasteiger partial charge is 0.119 e. The quantitative estimate of drug-likeness (QED) is 0.825. The van der Waals surface area contributed by atoms with Crippen molar-refractivity contribution in [2.75, 3.05) is 13.7 Å². The summed E-state index contributed by atoms with van der Waals surface area (Å²) in [5, 5.41) is 10.4. The topological polar surface area (TPSA) is 38.7 Å². The lowest BCUT2D eigenvalue weighted by atomic mass is 10.0. The molecule has 1 aliphatic rings. The van der Waals surface area contributed by atoms with Gasteiger partial charge in [-0.3, -0.25) is 0 Å². The molecule has 1 aliphatic carbocycles. The number of ether oxygens (including phenoxy) is 2. The van der Waals surface area contributed by atoms with E-state index in [1.807, 2.05) is 31.2 Å². The highest BCUT2D eigenvalue weighted by Crippen LogP contribution is 2.40. The van der Waals surface area contributed by atoms with E-state index in [9.17, 15) is 5.11 Å². The van der Waals surface area contributed by atoms with Crippen molar-refractivity contribution in [1.82, 2.24) is 0 Å². The monoisotopic (exact) mass is 236 g/mol. The first-order valence-electron chi connectivity index (χ1n) is 6.20. The number of aliphatic hydroxyl groups is 1. The Hall–Kier alpha value is -1.06. The van der Waals surface area contributed by atoms with Gasteiger partial charge in [-0.2, -0.15) is 0 Å². The Morgan fingerprint density at radius 1 is 1.41 bits per heavy atom. The van der Waals surface area contributed by atoms with Crippen LogP contribution in [-0.4, -0.2) is 24.9 Å². The Kier molecular flexibility index (Phi) is 4.02. The molecule has 1 aromatic carbocycles. The zero-order chi connectivity index (χ0) is 12.3. The van der Waals surface area contributed by atoms with Gasteiger partial charge in [0, 0.05) is 6.61 Å². The fourth-order valence-electron chi connectivity index (χ4n) is 2.12. The lowest BCUT2D eigenvalue weighted by Gasteiger charge is -2.23. The van der Waals surface area contributed by atoms with Crippen molar-refractivity contribution in [3.63, 3.8) is 0 Å². The minimum atomic E-state index is -0.558. The van der Waals surface area contributed by atoms with Crippen LogP contribution in [0.2, 0.25) is 0 Å². The van der Waals surface area contributed by atoms with Crippen LogP contribution in [0.1, 0.15) is 31.4 Å². The maximum absolute atomic E-state index is 10.4. The van der Waals surface area contributed by atoms with E-state index >= 15 is 0 Å². The predicted molar refractivity (Wildman–Crippen MR) is 66.1 cm³/mol. The first-order valence-corrected chi connectivity index (χ1v) is 6.20.